The fourth-order valence-electron chi connectivity index (χ4n) is 2.27. The number of carbonyl (C=O) groups excluding carboxylic acids is 1. The van der Waals surface area contributed by atoms with E-state index in [-0.39, 0.29) is 5.92 Å². The molecule has 2 rings (SSSR count). The van der Waals surface area contributed by atoms with Crippen molar-refractivity contribution < 1.29 is 4.79 Å². The Bertz CT molecular complexity index is 364. The quantitative estimate of drug-likeness (QED) is 0.883. The number of likely N-dealkylation sites (N-methyl/N-ethyl adjacent to an activating group) is 1. The molecule has 3 nitrogen and oxygen atoms in total. The van der Waals surface area contributed by atoms with E-state index in [1.807, 2.05) is 11.9 Å². The van der Waals surface area contributed by atoms with Crippen LogP contribution in [0.3, 0.4) is 0 Å². The first-order chi connectivity index (χ1) is 8.18. The Morgan fingerprint density at radius 3 is 3.00 bits per heavy atom. The number of nitrogens with zero attached hydrogens (tertiary/aromatic N) is 1. The fraction of sp³-hybridized carbons (Fsp3) is 0.615. The minimum atomic E-state index is 0.170. The van der Waals surface area contributed by atoms with Crippen molar-refractivity contribution >= 4 is 17.2 Å². The van der Waals surface area contributed by atoms with Gasteiger partial charge in [-0.05, 0) is 30.3 Å². The molecule has 1 aliphatic rings. The Hall–Kier alpha value is -0.870. The Kier molecular flexibility index (Phi) is 4.18. The van der Waals surface area contributed by atoms with E-state index in [0.29, 0.717) is 11.8 Å². The molecule has 0 radical (unpaired) electrons. The van der Waals surface area contributed by atoms with Crippen LogP contribution in [0.2, 0.25) is 0 Å². The second-order valence-electron chi connectivity index (χ2n) is 4.83. The van der Waals surface area contributed by atoms with Gasteiger partial charge < -0.3 is 10.2 Å². The van der Waals surface area contributed by atoms with Crippen molar-refractivity contribution in [3.8, 4) is 0 Å². The molecule has 1 N–H and O–H groups in total. The minimum Gasteiger partial charge on any atom is -0.345 e. The van der Waals surface area contributed by atoms with Crippen molar-refractivity contribution in [3.63, 3.8) is 0 Å². The van der Waals surface area contributed by atoms with Crippen LogP contribution in [0.15, 0.2) is 17.5 Å². The molecule has 0 aromatic carbocycles. The maximum atomic E-state index is 12.2. The molecule has 1 fully saturated rings. The summed E-state index contributed by atoms with van der Waals surface area (Å²) < 4.78 is 0. The molecule has 1 amide bonds. The van der Waals surface area contributed by atoms with Crippen LogP contribution in [-0.4, -0.2) is 37.5 Å². The van der Waals surface area contributed by atoms with E-state index < -0.39 is 0 Å². The molecule has 94 valence electrons. The second kappa shape index (κ2) is 5.65. The van der Waals surface area contributed by atoms with Crippen molar-refractivity contribution in [2.45, 2.75) is 13.3 Å². The van der Waals surface area contributed by atoms with Crippen LogP contribution in [0.25, 0.3) is 0 Å². The van der Waals surface area contributed by atoms with Gasteiger partial charge >= 0.3 is 0 Å². The Labute approximate surface area is 107 Å². The highest BCUT2D eigenvalue weighted by Gasteiger charge is 2.31. The third kappa shape index (κ3) is 3.07. The highest BCUT2D eigenvalue weighted by molar-refractivity contribution is 7.09. The number of nitrogens with one attached hydrogen (secondary N) is 1. The first-order valence-electron chi connectivity index (χ1n) is 6.16. The average molecular weight is 252 g/mol. The van der Waals surface area contributed by atoms with Crippen LogP contribution in [0, 0.1) is 11.8 Å². The van der Waals surface area contributed by atoms with E-state index in [4.69, 9.17) is 0 Å². The number of amides is 1. The van der Waals surface area contributed by atoms with Gasteiger partial charge in [0.05, 0.1) is 5.92 Å². The first kappa shape index (κ1) is 12.6. The zero-order valence-electron chi connectivity index (χ0n) is 10.5. The molecule has 4 heteroatoms. The smallest absolute Gasteiger partial charge is 0.227 e. The summed E-state index contributed by atoms with van der Waals surface area (Å²) in [5, 5.41) is 5.37. The predicted molar refractivity (Wildman–Crippen MR) is 71.2 cm³/mol. The van der Waals surface area contributed by atoms with Crippen LogP contribution >= 0.6 is 11.3 Å². The molecule has 1 saturated heterocycles. The zero-order valence-corrected chi connectivity index (χ0v) is 11.3. The number of hydrogen-bond acceptors (Lipinski definition) is 3. The molecule has 0 bridgehead atoms. The van der Waals surface area contributed by atoms with Crippen LogP contribution in [0.4, 0.5) is 0 Å². The lowest BCUT2D eigenvalue weighted by molar-refractivity contribution is -0.134. The van der Waals surface area contributed by atoms with Gasteiger partial charge in [-0.2, -0.15) is 0 Å². The van der Waals surface area contributed by atoms with Crippen molar-refractivity contribution in [2.75, 3.05) is 26.7 Å². The van der Waals surface area contributed by atoms with Gasteiger partial charge in [-0.25, -0.2) is 0 Å². The van der Waals surface area contributed by atoms with E-state index >= 15 is 0 Å². The molecule has 2 heterocycles. The summed E-state index contributed by atoms with van der Waals surface area (Å²) in [6, 6.07) is 4.19. The maximum absolute atomic E-state index is 12.2. The fourth-order valence-corrected chi connectivity index (χ4v) is 2.96. The standard InChI is InChI=1S/C13H20N2OS/c1-10-8-14-9-12(10)13(16)15(2)6-5-11-4-3-7-17-11/h3-4,7,10,12,14H,5-6,8-9H2,1-2H3/t10-,12-/m1/s1. The van der Waals surface area contributed by atoms with E-state index in [1.165, 1.54) is 4.88 Å². The molecule has 0 spiro atoms. The SMILES string of the molecule is C[C@@H]1CNC[C@H]1C(=O)N(C)CCc1cccs1. The Morgan fingerprint density at radius 2 is 2.41 bits per heavy atom. The molecule has 0 saturated carbocycles. The van der Waals surface area contributed by atoms with Gasteiger partial charge in [0, 0.05) is 25.0 Å². The second-order valence-corrected chi connectivity index (χ2v) is 5.86. The Morgan fingerprint density at radius 1 is 1.59 bits per heavy atom. The third-order valence-electron chi connectivity index (χ3n) is 3.48. The first-order valence-corrected chi connectivity index (χ1v) is 7.04. The highest BCUT2D eigenvalue weighted by Crippen LogP contribution is 2.18. The van der Waals surface area contributed by atoms with Gasteiger partial charge in [0.1, 0.15) is 0 Å². The van der Waals surface area contributed by atoms with Crippen LogP contribution in [0.5, 0.6) is 0 Å². The maximum Gasteiger partial charge on any atom is 0.227 e. The summed E-state index contributed by atoms with van der Waals surface area (Å²) in [5.74, 6) is 0.925. The van der Waals surface area contributed by atoms with Gasteiger partial charge in [-0.3, -0.25) is 4.79 Å². The molecule has 1 aliphatic heterocycles. The topological polar surface area (TPSA) is 32.3 Å². The largest absolute Gasteiger partial charge is 0.345 e. The van der Waals surface area contributed by atoms with Gasteiger partial charge in [0.25, 0.3) is 0 Å². The lowest BCUT2D eigenvalue weighted by atomic mass is 9.97. The van der Waals surface area contributed by atoms with Gasteiger partial charge in [0.15, 0.2) is 0 Å². The lowest BCUT2D eigenvalue weighted by Crippen LogP contribution is -2.37. The number of hydrogen-bond donors (Lipinski definition) is 1. The summed E-state index contributed by atoms with van der Waals surface area (Å²) in [6.45, 7) is 4.77. The van der Waals surface area contributed by atoms with Crippen molar-refractivity contribution in [2.24, 2.45) is 11.8 Å². The summed E-state index contributed by atoms with van der Waals surface area (Å²) in [5.41, 5.74) is 0. The van der Waals surface area contributed by atoms with Gasteiger partial charge in [-0.1, -0.05) is 13.0 Å². The van der Waals surface area contributed by atoms with Gasteiger partial charge in [-0.15, -0.1) is 11.3 Å². The normalized spacial score (nSPS) is 23.9. The van der Waals surface area contributed by atoms with Crippen LogP contribution in [0.1, 0.15) is 11.8 Å². The van der Waals surface area contributed by atoms with Crippen LogP contribution in [-0.2, 0) is 11.2 Å². The van der Waals surface area contributed by atoms with Crippen molar-refractivity contribution in [3.05, 3.63) is 22.4 Å². The number of thiophene rings is 1. The molecule has 17 heavy (non-hydrogen) atoms. The van der Waals surface area contributed by atoms with Crippen molar-refractivity contribution in [1.82, 2.24) is 10.2 Å². The van der Waals surface area contributed by atoms with E-state index in [0.717, 1.165) is 26.1 Å². The number of rotatable bonds is 4. The average Bonchev–Trinajstić information content (AvgIpc) is 2.95. The van der Waals surface area contributed by atoms with Gasteiger partial charge in [0.2, 0.25) is 5.91 Å². The number of carbonyl (C=O) groups is 1. The molecule has 1 aromatic rings. The Balaban J connectivity index is 1.83. The molecular formula is C13H20N2OS. The highest BCUT2D eigenvalue weighted by atomic mass is 32.1. The van der Waals surface area contributed by atoms with Crippen LogP contribution < -0.4 is 5.32 Å². The zero-order chi connectivity index (χ0) is 12.3. The molecular weight excluding hydrogens is 232 g/mol. The van der Waals surface area contributed by atoms with E-state index in [2.05, 4.69) is 29.8 Å². The molecule has 0 unspecified atom stereocenters. The van der Waals surface area contributed by atoms with E-state index in [9.17, 15) is 4.79 Å². The summed E-state index contributed by atoms with van der Waals surface area (Å²) in [6.07, 6.45) is 0.967. The summed E-state index contributed by atoms with van der Waals surface area (Å²) in [7, 11) is 1.92. The monoisotopic (exact) mass is 252 g/mol. The third-order valence-corrected chi connectivity index (χ3v) is 4.42. The van der Waals surface area contributed by atoms with Crippen molar-refractivity contribution in [1.29, 1.82) is 0 Å². The summed E-state index contributed by atoms with van der Waals surface area (Å²) >= 11 is 1.76. The summed E-state index contributed by atoms with van der Waals surface area (Å²) in [4.78, 5) is 15.4. The molecule has 2 atom stereocenters. The predicted octanol–water partition coefficient (Wildman–Crippen LogP) is 1.60. The minimum absolute atomic E-state index is 0.170. The molecule has 0 aliphatic carbocycles. The molecule has 1 aromatic heterocycles. The van der Waals surface area contributed by atoms with E-state index in [1.54, 1.807) is 11.3 Å². The lowest BCUT2D eigenvalue weighted by Gasteiger charge is -2.22.